The van der Waals surface area contributed by atoms with E-state index in [1.807, 2.05) is 38.1 Å². The van der Waals surface area contributed by atoms with Crippen molar-refractivity contribution in [2.45, 2.75) is 31.7 Å². The van der Waals surface area contributed by atoms with Gasteiger partial charge in [0.15, 0.2) is 0 Å². The first kappa shape index (κ1) is 22.2. The van der Waals surface area contributed by atoms with Crippen LogP contribution in [0.25, 0.3) is 0 Å². The Morgan fingerprint density at radius 1 is 1.00 bits per heavy atom. The van der Waals surface area contributed by atoms with Crippen molar-refractivity contribution in [2.75, 3.05) is 19.6 Å². The van der Waals surface area contributed by atoms with Crippen LogP contribution in [0.15, 0.2) is 53.4 Å². The molecule has 2 aromatic carbocycles. The highest BCUT2D eigenvalue weighted by atomic mass is 35.5. The van der Waals surface area contributed by atoms with Crippen molar-refractivity contribution in [1.82, 2.24) is 14.9 Å². The number of hydrogen-bond acceptors (Lipinski definition) is 3. The first-order chi connectivity index (χ1) is 13.4. The summed E-state index contributed by atoms with van der Waals surface area (Å²) in [5, 5.41) is 6.23. The lowest BCUT2D eigenvalue weighted by atomic mass is 10.1. The van der Waals surface area contributed by atoms with Crippen LogP contribution >= 0.6 is 11.6 Å². The first-order valence-corrected chi connectivity index (χ1v) is 11.0. The topological polar surface area (TPSA) is 78.5 Å². The molecule has 0 radical (unpaired) electrons. The molecule has 0 aliphatic carbocycles. The van der Waals surface area contributed by atoms with E-state index in [2.05, 4.69) is 10.6 Å². The van der Waals surface area contributed by atoms with Gasteiger partial charge in [-0.3, -0.25) is 0 Å². The Labute approximate surface area is 171 Å². The van der Waals surface area contributed by atoms with Crippen molar-refractivity contribution in [1.29, 1.82) is 0 Å². The molecule has 0 saturated heterocycles. The molecule has 28 heavy (non-hydrogen) atoms. The monoisotopic (exact) mass is 423 g/mol. The molecule has 6 nitrogen and oxygen atoms in total. The van der Waals surface area contributed by atoms with Gasteiger partial charge in [0, 0.05) is 31.2 Å². The zero-order valence-corrected chi connectivity index (χ0v) is 17.7. The van der Waals surface area contributed by atoms with E-state index in [4.69, 9.17) is 11.6 Å². The zero-order valence-electron chi connectivity index (χ0n) is 16.1. The molecule has 0 aliphatic rings. The Balaban J connectivity index is 1.81. The fourth-order valence-electron chi connectivity index (χ4n) is 2.75. The number of amides is 2. The van der Waals surface area contributed by atoms with Crippen LogP contribution in [-0.2, 0) is 23.0 Å². The third-order valence-electron chi connectivity index (χ3n) is 4.31. The Kier molecular flexibility index (Phi) is 8.29. The summed E-state index contributed by atoms with van der Waals surface area (Å²) in [5.74, 6) is 0. The molecule has 0 unspecified atom stereocenters. The van der Waals surface area contributed by atoms with Crippen LogP contribution in [0.3, 0.4) is 0 Å². The fourth-order valence-corrected chi connectivity index (χ4v) is 4.42. The summed E-state index contributed by atoms with van der Waals surface area (Å²) in [6, 6.07) is 13.8. The smallest absolute Gasteiger partial charge is 0.315 e. The molecule has 0 bridgehead atoms. The molecule has 0 heterocycles. The lowest BCUT2D eigenvalue weighted by Gasteiger charge is -2.18. The highest BCUT2D eigenvalue weighted by Crippen LogP contribution is 2.16. The van der Waals surface area contributed by atoms with Crippen LogP contribution in [0.5, 0.6) is 0 Å². The summed E-state index contributed by atoms with van der Waals surface area (Å²) < 4.78 is 26.3. The number of nitrogens with one attached hydrogen (secondary N) is 2. The summed E-state index contributed by atoms with van der Waals surface area (Å²) in [6.45, 7) is 5.28. The number of carbonyl (C=O) groups is 1. The average Bonchev–Trinajstić information content (AvgIpc) is 2.67. The molecule has 2 amide bonds. The van der Waals surface area contributed by atoms with Crippen molar-refractivity contribution in [3.05, 3.63) is 64.7 Å². The van der Waals surface area contributed by atoms with Crippen molar-refractivity contribution in [3.63, 3.8) is 0 Å². The molecule has 0 saturated carbocycles. The van der Waals surface area contributed by atoms with Gasteiger partial charge in [-0.25, -0.2) is 13.2 Å². The van der Waals surface area contributed by atoms with Gasteiger partial charge in [-0.05, 0) is 41.8 Å². The Morgan fingerprint density at radius 3 is 2.29 bits per heavy atom. The van der Waals surface area contributed by atoms with Crippen molar-refractivity contribution in [2.24, 2.45) is 0 Å². The number of halogens is 1. The molecule has 0 atom stereocenters. The molecular formula is C20H26ClN3O3S. The van der Waals surface area contributed by atoms with Crippen LogP contribution in [0, 0.1) is 0 Å². The standard InChI is InChI=1S/C20H26ClN3O3S/c1-3-24(4-2)28(26,27)19-10-8-17(9-11-19)15-23-20(25)22-13-12-16-6-5-7-18(21)14-16/h5-11,14H,3-4,12-13,15H2,1-2H3,(H2,22,23,25). The second-order valence-electron chi connectivity index (χ2n) is 6.22. The minimum absolute atomic E-state index is 0.255. The number of benzene rings is 2. The third kappa shape index (κ3) is 6.22. The molecule has 0 fully saturated rings. The molecule has 8 heteroatoms. The fraction of sp³-hybridized carbons (Fsp3) is 0.350. The largest absolute Gasteiger partial charge is 0.338 e. The van der Waals surface area contributed by atoms with Gasteiger partial charge in [0.25, 0.3) is 0 Å². The van der Waals surface area contributed by atoms with Gasteiger partial charge in [-0.1, -0.05) is 49.7 Å². The predicted octanol–water partition coefficient (Wildman–Crippen LogP) is 3.41. The normalized spacial score (nSPS) is 11.4. The maximum atomic E-state index is 12.5. The molecule has 0 spiro atoms. The van der Waals surface area contributed by atoms with Gasteiger partial charge >= 0.3 is 6.03 Å². The second kappa shape index (κ2) is 10.5. The van der Waals surface area contributed by atoms with Gasteiger partial charge in [-0.2, -0.15) is 4.31 Å². The van der Waals surface area contributed by atoms with Gasteiger partial charge < -0.3 is 10.6 Å². The van der Waals surface area contributed by atoms with E-state index in [9.17, 15) is 13.2 Å². The second-order valence-corrected chi connectivity index (χ2v) is 8.60. The maximum absolute atomic E-state index is 12.5. The van der Waals surface area contributed by atoms with E-state index >= 15 is 0 Å². The number of rotatable bonds is 9. The lowest BCUT2D eigenvalue weighted by molar-refractivity contribution is 0.240. The zero-order chi connectivity index (χ0) is 20.6. The van der Waals surface area contributed by atoms with Gasteiger partial charge in [0.2, 0.25) is 10.0 Å². The Bertz CT molecular complexity index is 882. The molecule has 2 rings (SSSR count). The van der Waals surface area contributed by atoms with Crippen molar-refractivity contribution in [3.8, 4) is 0 Å². The van der Waals surface area contributed by atoms with Crippen LogP contribution in [0.2, 0.25) is 5.02 Å². The van der Waals surface area contributed by atoms with E-state index in [1.165, 1.54) is 4.31 Å². The van der Waals surface area contributed by atoms with E-state index in [0.717, 1.165) is 11.1 Å². The van der Waals surface area contributed by atoms with Crippen LogP contribution in [-0.4, -0.2) is 38.4 Å². The van der Waals surface area contributed by atoms with Crippen LogP contribution in [0.1, 0.15) is 25.0 Å². The summed E-state index contributed by atoms with van der Waals surface area (Å²) in [6.07, 6.45) is 0.686. The first-order valence-electron chi connectivity index (χ1n) is 9.22. The number of nitrogens with zero attached hydrogens (tertiary/aromatic N) is 1. The molecule has 0 aromatic heterocycles. The predicted molar refractivity (Wildman–Crippen MR) is 112 cm³/mol. The number of sulfonamides is 1. The highest BCUT2D eigenvalue weighted by Gasteiger charge is 2.21. The van der Waals surface area contributed by atoms with Crippen molar-refractivity contribution < 1.29 is 13.2 Å². The van der Waals surface area contributed by atoms with Crippen molar-refractivity contribution >= 4 is 27.7 Å². The quantitative estimate of drug-likeness (QED) is 0.648. The summed E-state index contributed by atoms with van der Waals surface area (Å²) in [7, 11) is -3.47. The molecule has 0 aliphatic heterocycles. The molecule has 2 aromatic rings. The summed E-state index contributed by atoms with van der Waals surface area (Å²) in [5.41, 5.74) is 1.88. The molecular weight excluding hydrogens is 398 g/mol. The molecule has 152 valence electrons. The van der Waals surface area contributed by atoms with Gasteiger partial charge in [0.1, 0.15) is 0 Å². The minimum Gasteiger partial charge on any atom is -0.338 e. The number of urea groups is 1. The summed E-state index contributed by atoms with van der Waals surface area (Å²) >= 11 is 5.94. The van der Waals surface area contributed by atoms with E-state index in [0.29, 0.717) is 37.6 Å². The third-order valence-corrected chi connectivity index (χ3v) is 6.61. The Hall–Kier alpha value is -2.09. The van der Waals surface area contributed by atoms with E-state index in [1.54, 1.807) is 24.3 Å². The van der Waals surface area contributed by atoms with Gasteiger partial charge in [-0.15, -0.1) is 0 Å². The van der Waals surface area contributed by atoms with Crippen LogP contribution in [0.4, 0.5) is 4.79 Å². The number of carbonyl (C=O) groups excluding carboxylic acids is 1. The van der Waals surface area contributed by atoms with E-state index in [-0.39, 0.29) is 10.9 Å². The van der Waals surface area contributed by atoms with Crippen LogP contribution < -0.4 is 10.6 Å². The molecule has 2 N–H and O–H groups in total. The van der Waals surface area contributed by atoms with Gasteiger partial charge in [0.05, 0.1) is 4.90 Å². The maximum Gasteiger partial charge on any atom is 0.315 e. The Morgan fingerprint density at radius 2 is 1.68 bits per heavy atom. The summed E-state index contributed by atoms with van der Waals surface area (Å²) in [4.78, 5) is 12.2. The average molecular weight is 424 g/mol. The van der Waals surface area contributed by atoms with E-state index < -0.39 is 10.0 Å². The minimum atomic E-state index is -3.47. The number of hydrogen-bond donors (Lipinski definition) is 2. The highest BCUT2D eigenvalue weighted by molar-refractivity contribution is 7.89. The SMILES string of the molecule is CCN(CC)S(=O)(=O)c1ccc(CNC(=O)NCCc2cccc(Cl)c2)cc1. The lowest BCUT2D eigenvalue weighted by Crippen LogP contribution is -2.36.